The van der Waals surface area contributed by atoms with E-state index in [1.54, 1.807) is 12.1 Å². The number of thiophene rings is 1. The first-order chi connectivity index (χ1) is 13.6. The fourth-order valence-electron chi connectivity index (χ4n) is 4.25. The largest absolute Gasteiger partial charge is 0.454 e. The van der Waals surface area contributed by atoms with E-state index in [2.05, 4.69) is 21.7 Å². The van der Waals surface area contributed by atoms with E-state index in [1.165, 1.54) is 30.2 Å². The summed E-state index contributed by atoms with van der Waals surface area (Å²) in [6, 6.07) is 5.89. The molecule has 1 aromatic heterocycles. The lowest BCUT2D eigenvalue weighted by Crippen LogP contribution is -2.41. The summed E-state index contributed by atoms with van der Waals surface area (Å²) in [6.45, 7) is 2.83. The van der Waals surface area contributed by atoms with Crippen molar-refractivity contribution in [2.45, 2.75) is 32.2 Å². The minimum absolute atomic E-state index is 0.106. The van der Waals surface area contributed by atoms with Crippen molar-refractivity contribution in [2.75, 3.05) is 25.2 Å². The average Bonchev–Trinajstić information content (AvgIpc) is 3.20. The first-order valence-corrected chi connectivity index (χ1v) is 10.5. The summed E-state index contributed by atoms with van der Waals surface area (Å²) in [7, 11) is 0. The van der Waals surface area contributed by atoms with Gasteiger partial charge in [0.1, 0.15) is 0 Å². The van der Waals surface area contributed by atoms with E-state index in [4.69, 9.17) is 9.47 Å². The van der Waals surface area contributed by atoms with Crippen molar-refractivity contribution in [2.24, 2.45) is 5.92 Å². The number of ketones is 1. The quantitative estimate of drug-likeness (QED) is 0.779. The number of fused-ring (bicyclic) bond motifs is 2. The molecule has 28 heavy (non-hydrogen) atoms. The molecule has 7 heteroatoms. The molecule has 0 unspecified atom stereocenters. The molecule has 0 radical (unpaired) electrons. The van der Waals surface area contributed by atoms with Gasteiger partial charge in [-0.3, -0.25) is 14.5 Å². The second-order valence-corrected chi connectivity index (χ2v) is 8.66. The molecule has 0 bridgehead atoms. The van der Waals surface area contributed by atoms with Crippen molar-refractivity contribution >= 4 is 28.7 Å². The highest BCUT2D eigenvalue weighted by Gasteiger charge is 2.40. The maximum atomic E-state index is 12.9. The Bertz CT molecular complexity index is 950. The van der Waals surface area contributed by atoms with E-state index < -0.39 is 0 Å². The zero-order valence-electron chi connectivity index (χ0n) is 15.7. The molecule has 5 rings (SSSR count). The Labute approximate surface area is 167 Å². The lowest BCUT2D eigenvalue weighted by Gasteiger charge is -2.35. The highest BCUT2D eigenvalue weighted by Crippen LogP contribution is 2.48. The molecule has 2 aromatic rings. The van der Waals surface area contributed by atoms with Crippen molar-refractivity contribution in [1.82, 2.24) is 4.90 Å². The number of carbonyl (C=O) groups is 2. The minimum atomic E-state index is -0.120. The Hall–Kier alpha value is -2.38. The van der Waals surface area contributed by atoms with Crippen molar-refractivity contribution in [3.05, 3.63) is 39.6 Å². The normalized spacial score (nSPS) is 20.7. The first-order valence-electron chi connectivity index (χ1n) is 9.65. The maximum absolute atomic E-state index is 12.9. The van der Waals surface area contributed by atoms with Crippen LogP contribution in [0.15, 0.2) is 23.6 Å². The molecule has 6 nitrogen and oxygen atoms in total. The van der Waals surface area contributed by atoms with E-state index in [1.807, 2.05) is 11.3 Å². The third-order valence-electron chi connectivity index (χ3n) is 5.70. The van der Waals surface area contributed by atoms with Crippen LogP contribution in [-0.4, -0.2) is 36.5 Å². The lowest BCUT2D eigenvalue weighted by atomic mass is 9.96. The highest BCUT2D eigenvalue weighted by molar-refractivity contribution is 7.10. The number of rotatable bonds is 5. The predicted molar refractivity (Wildman–Crippen MR) is 106 cm³/mol. The zero-order chi connectivity index (χ0) is 19.3. The molecule has 1 fully saturated rings. The van der Waals surface area contributed by atoms with Gasteiger partial charge in [0.2, 0.25) is 12.7 Å². The number of benzene rings is 1. The predicted octanol–water partition coefficient (Wildman–Crippen LogP) is 3.63. The number of nitrogens with zero attached hydrogens (tertiary/aromatic N) is 1. The van der Waals surface area contributed by atoms with Crippen LogP contribution in [-0.2, 0) is 11.2 Å². The first kappa shape index (κ1) is 17.7. The van der Waals surface area contributed by atoms with Crippen LogP contribution in [0, 0.1) is 5.92 Å². The Morgan fingerprint density at radius 1 is 1.25 bits per heavy atom. The second kappa shape index (κ2) is 6.90. The summed E-state index contributed by atoms with van der Waals surface area (Å²) in [4.78, 5) is 28.7. The Morgan fingerprint density at radius 2 is 2.04 bits per heavy atom. The topological polar surface area (TPSA) is 67.9 Å². The molecule has 2 aliphatic heterocycles. The van der Waals surface area contributed by atoms with E-state index in [9.17, 15) is 9.59 Å². The summed E-state index contributed by atoms with van der Waals surface area (Å²) in [5.74, 6) is 1.52. The fourth-order valence-corrected chi connectivity index (χ4v) is 5.16. The van der Waals surface area contributed by atoms with Gasteiger partial charge in [0.25, 0.3) is 0 Å². The molecule has 0 saturated heterocycles. The van der Waals surface area contributed by atoms with Crippen LogP contribution in [0.1, 0.15) is 46.6 Å². The molecule has 1 aromatic carbocycles. The average molecular weight is 398 g/mol. The van der Waals surface area contributed by atoms with Gasteiger partial charge in [-0.1, -0.05) is 0 Å². The number of hydrogen-bond acceptors (Lipinski definition) is 6. The number of hydrogen-bond donors (Lipinski definition) is 1. The fraction of sp³-hybridized carbons (Fsp3) is 0.429. The summed E-state index contributed by atoms with van der Waals surface area (Å²) < 4.78 is 10.7. The summed E-state index contributed by atoms with van der Waals surface area (Å²) in [6.07, 6.45) is 3.45. The van der Waals surface area contributed by atoms with Crippen molar-refractivity contribution in [3.63, 3.8) is 0 Å². The molecule has 1 amide bonds. The number of nitrogens with one attached hydrogen (secondary N) is 1. The van der Waals surface area contributed by atoms with Gasteiger partial charge in [0.05, 0.1) is 12.2 Å². The Kier molecular flexibility index (Phi) is 4.36. The van der Waals surface area contributed by atoms with Crippen LogP contribution in [0.5, 0.6) is 11.5 Å². The number of amides is 1. The molecule has 3 aliphatic rings. The number of ether oxygens (including phenoxy) is 2. The summed E-state index contributed by atoms with van der Waals surface area (Å²) >= 11 is 1.82. The summed E-state index contributed by atoms with van der Waals surface area (Å²) in [5, 5.41) is 5.09. The van der Waals surface area contributed by atoms with Crippen molar-refractivity contribution in [1.29, 1.82) is 0 Å². The van der Waals surface area contributed by atoms with Crippen molar-refractivity contribution < 1.29 is 19.1 Å². The van der Waals surface area contributed by atoms with Gasteiger partial charge in [-0.05, 0) is 55.2 Å². The number of Topliss-reactive ketones (excluding diaryl/α,β-unsaturated/α-hetero) is 1. The molecular formula is C21H22N2O4S. The van der Waals surface area contributed by atoms with Gasteiger partial charge in [-0.25, -0.2) is 0 Å². The summed E-state index contributed by atoms with van der Waals surface area (Å²) in [5.41, 5.74) is 2.33. The van der Waals surface area contributed by atoms with Crippen LogP contribution in [0.3, 0.4) is 0 Å². The van der Waals surface area contributed by atoms with E-state index >= 15 is 0 Å². The Morgan fingerprint density at radius 3 is 2.79 bits per heavy atom. The molecular weight excluding hydrogens is 376 g/mol. The van der Waals surface area contributed by atoms with Crippen LogP contribution in [0.25, 0.3) is 0 Å². The zero-order valence-corrected chi connectivity index (χ0v) is 16.5. The third kappa shape index (κ3) is 3.18. The molecule has 0 spiro atoms. The molecule has 1 saturated carbocycles. The SMILES string of the molecule is CC(=O)c1cc2c(cc1NC(=O)CN1CCc3sccc3[C@@H]1C1CC1)OCO2. The third-order valence-corrected chi connectivity index (χ3v) is 6.70. The second-order valence-electron chi connectivity index (χ2n) is 7.66. The number of anilines is 1. The van der Waals surface area contributed by atoms with Crippen molar-refractivity contribution in [3.8, 4) is 11.5 Å². The minimum Gasteiger partial charge on any atom is -0.454 e. The molecule has 1 atom stereocenters. The molecule has 1 aliphatic carbocycles. The van der Waals surface area contributed by atoms with Crippen LogP contribution in [0.2, 0.25) is 0 Å². The van der Waals surface area contributed by atoms with E-state index in [-0.39, 0.29) is 18.5 Å². The van der Waals surface area contributed by atoms with Crippen LogP contribution < -0.4 is 14.8 Å². The standard InChI is InChI=1S/C21H22N2O4S/c1-12(24)15-8-17-18(27-11-26-17)9-16(15)22-20(25)10-23-6-4-19-14(5-7-28-19)21(23)13-2-3-13/h5,7-9,13,21H,2-4,6,10-11H2,1H3,(H,22,25)/t21-/m0/s1. The van der Waals surface area contributed by atoms with Gasteiger partial charge in [-0.2, -0.15) is 0 Å². The van der Waals surface area contributed by atoms with Crippen LogP contribution in [0.4, 0.5) is 5.69 Å². The van der Waals surface area contributed by atoms with E-state index in [0.717, 1.165) is 13.0 Å². The highest BCUT2D eigenvalue weighted by atomic mass is 32.1. The van der Waals surface area contributed by atoms with Gasteiger partial charge in [0, 0.05) is 29.1 Å². The molecule has 1 N–H and O–H groups in total. The van der Waals surface area contributed by atoms with Gasteiger partial charge >= 0.3 is 0 Å². The lowest BCUT2D eigenvalue weighted by molar-refractivity contribution is -0.118. The van der Waals surface area contributed by atoms with E-state index in [0.29, 0.717) is 41.3 Å². The van der Waals surface area contributed by atoms with Crippen LogP contribution >= 0.6 is 11.3 Å². The Balaban J connectivity index is 1.35. The van der Waals surface area contributed by atoms with Gasteiger partial charge in [-0.15, -0.1) is 11.3 Å². The molecule has 3 heterocycles. The monoisotopic (exact) mass is 398 g/mol. The van der Waals surface area contributed by atoms with Gasteiger partial charge in [0.15, 0.2) is 17.3 Å². The smallest absolute Gasteiger partial charge is 0.238 e. The maximum Gasteiger partial charge on any atom is 0.238 e. The molecule has 146 valence electrons. The number of carbonyl (C=O) groups excluding carboxylic acids is 2. The van der Waals surface area contributed by atoms with Gasteiger partial charge < -0.3 is 14.8 Å².